The predicted molar refractivity (Wildman–Crippen MR) is 97.2 cm³/mol. The van der Waals surface area contributed by atoms with E-state index in [4.69, 9.17) is 4.74 Å². The van der Waals surface area contributed by atoms with Gasteiger partial charge in [-0.15, -0.1) is 0 Å². The van der Waals surface area contributed by atoms with Gasteiger partial charge in [0.1, 0.15) is 11.5 Å². The highest BCUT2D eigenvalue weighted by Gasteiger charge is 2.44. The Morgan fingerprint density at radius 3 is 2.24 bits per heavy atom. The van der Waals surface area contributed by atoms with Gasteiger partial charge in [0.15, 0.2) is 0 Å². The summed E-state index contributed by atoms with van der Waals surface area (Å²) in [5, 5.41) is 10.7. The first-order valence-corrected chi connectivity index (χ1v) is 8.38. The number of aliphatic hydroxyl groups excluding tert-OH is 1. The molecule has 25 heavy (non-hydrogen) atoms. The SMILES string of the molecule is COc1ccc([C@@H]2C(=C(O)c3ccc(Br)cc3)C(=O)C(=O)N2C)cc1. The third kappa shape index (κ3) is 3.05. The number of likely N-dealkylation sites (tertiary alicyclic amines) is 1. The molecule has 6 heteroatoms. The normalized spacial score (nSPS) is 19.3. The lowest BCUT2D eigenvalue weighted by Gasteiger charge is -2.21. The molecule has 3 rings (SSSR count). The van der Waals surface area contributed by atoms with Crippen molar-refractivity contribution in [1.29, 1.82) is 0 Å². The zero-order valence-corrected chi connectivity index (χ0v) is 15.3. The number of amides is 1. The fraction of sp³-hybridized carbons (Fsp3) is 0.158. The summed E-state index contributed by atoms with van der Waals surface area (Å²) in [5.74, 6) is -0.844. The Kier molecular flexibility index (Phi) is 4.63. The Balaban J connectivity index is 2.13. The quantitative estimate of drug-likeness (QED) is 0.485. The van der Waals surface area contributed by atoms with E-state index < -0.39 is 17.7 Å². The number of halogens is 1. The van der Waals surface area contributed by atoms with E-state index in [1.54, 1.807) is 62.7 Å². The van der Waals surface area contributed by atoms with Gasteiger partial charge >= 0.3 is 0 Å². The minimum absolute atomic E-state index is 0.0833. The highest BCUT2D eigenvalue weighted by atomic mass is 79.9. The number of hydrogen-bond donors (Lipinski definition) is 1. The largest absolute Gasteiger partial charge is 0.507 e. The van der Waals surface area contributed by atoms with Crippen molar-refractivity contribution in [1.82, 2.24) is 4.90 Å². The van der Waals surface area contributed by atoms with Gasteiger partial charge in [-0.2, -0.15) is 0 Å². The van der Waals surface area contributed by atoms with Crippen molar-refractivity contribution in [3.05, 3.63) is 69.7 Å². The van der Waals surface area contributed by atoms with Crippen molar-refractivity contribution in [3.8, 4) is 5.75 Å². The zero-order valence-electron chi connectivity index (χ0n) is 13.7. The minimum Gasteiger partial charge on any atom is -0.507 e. The van der Waals surface area contributed by atoms with Crippen molar-refractivity contribution < 1.29 is 19.4 Å². The Labute approximate surface area is 153 Å². The Morgan fingerprint density at radius 2 is 1.68 bits per heavy atom. The standard InChI is InChI=1S/C19H16BrNO4/c1-21-16(11-5-9-14(25-2)10-6-11)15(18(23)19(21)24)17(22)12-3-7-13(20)8-4-12/h3-10,16,22H,1-2H3/t16-/m1/s1. The number of ether oxygens (including phenoxy) is 1. The van der Waals surface area contributed by atoms with Crippen molar-refractivity contribution in [2.45, 2.75) is 6.04 Å². The first kappa shape index (κ1) is 17.2. The summed E-state index contributed by atoms with van der Waals surface area (Å²) in [7, 11) is 3.12. The van der Waals surface area contributed by atoms with Crippen LogP contribution in [0.15, 0.2) is 58.6 Å². The second kappa shape index (κ2) is 6.72. The molecule has 0 radical (unpaired) electrons. The van der Waals surface area contributed by atoms with E-state index in [1.807, 2.05) is 0 Å². The number of carbonyl (C=O) groups is 2. The van der Waals surface area contributed by atoms with Gasteiger partial charge in [0.2, 0.25) is 0 Å². The molecule has 1 N–H and O–H groups in total. The first-order chi connectivity index (χ1) is 11.9. The lowest BCUT2D eigenvalue weighted by molar-refractivity contribution is -0.139. The maximum Gasteiger partial charge on any atom is 0.295 e. The average Bonchev–Trinajstić information content (AvgIpc) is 2.86. The zero-order chi connectivity index (χ0) is 18.1. The lowest BCUT2D eigenvalue weighted by atomic mass is 9.95. The van der Waals surface area contributed by atoms with Gasteiger partial charge in [0.05, 0.1) is 18.7 Å². The van der Waals surface area contributed by atoms with Crippen molar-refractivity contribution in [2.75, 3.05) is 14.2 Å². The Hall–Kier alpha value is -2.60. The second-order valence-corrected chi connectivity index (χ2v) is 6.61. The summed E-state index contributed by atoms with van der Waals surface area (Å²) < 4.78 is 6.00. The molecule has 1 aliphatic rings. The van der Waals surface area contributed by atoms with E-state index in [-0.39, 0.29) is 11.3 Å². The first-order valence-electron chi connectivity index (χ1n) is 7.58. The van der Waals surface area contributed by atoms with Crippen LogP contribution in [0.25, 0.3) is 5.76 Å². The van der Waals surface area contributed by atoms with Gasteiger partial charge < -0.3 is 14.7 Å². The molecule has 0 unspecified atom stereocenters. The molecule has 0 aliphatic carbocycles. The van der Waals surface area contributed by atoms with Crippen molar-refractivity contribution >= 4 is 33.4 Å². The molecule has 1 saturated heterocycles. The van der Waals surface area contributed by atoms with Gasteiger partial charge in [-0.05, 0) is 29.8 Å². The highest BCUT2D eigenvalue weighted by Crippen LogP contribution is 2.38. The molecule has 1 fully saturated rings. The van der Waals surface area contributed by atoms with E-state index in [9.17, 15) is 14.7 Å². The van der Waals surface area contributed by atoms with Crippen molar-refractivity contribution in [2.24, 2.45) is 0 Å². The molecule has 2 aromatic rings. The van der Waals surface area contributed by atoms with E-state index in [0.29, 0.717) is 11.3 Å². The number of hydrogen-bond acceptors (Lipinski definition) is 4. The summed E-state index contributed by atoms with van der Waals surface area (Å²) in [5.41, 5.74) is 1.29. The summed E-state index contributed by atoms with van der Waals surface area (Å²) >= 11 is 3.33. The molecule has 5 nitrogen and oxygen atoms in total. The summed E-state index contributed by atoms with van der Waals surface area (Å²) in [6.45, 7) is 0. The van der Waals surface area contributed by atoms with Gasteiger partial charge in [0.25, 0.3) is 11.7 Å². The number of ketones is 1. The number of Topliss-reactive ketones (excluding diaryl/α,β-unsaturated/α-hetero) is 1. The van der Waals surface area contributed by atoms with Crippen LogP contribution in [0.4, 0.5) is 0 Å². The second-order valence-electron chi connectivity index (χ2n) is 5.69. The van der Waals surface area contributed by atoms with Crippen LogP contribution in [0.1, 0.15) is 17.2 Å². The number of benzene rings is 2. The van der Waals surface area contributed by atoms with Crippen LogP contribution in [0, 0.1) is 0 Å². The number of nitrogens with zero attached hydrogens (tertiary/aromatic N) is 1. The van der Waals surface area contributed by atoms with Crippen LogP contribution in [-0.4, -0.2) is 35.9 Å². The van der Waals surface area contributed by atoms with Gasteiger partial charge in [0, 0.05) is 17.1 Å². The molecule has 0 aromatic heterocycles. The van der Waals surface area contributed by atoms with Gasteiger partial charge in [-0.25, -0.2) is 0 Å². The molecular formula is C19H16BrNO4. The minimum atomic E-state index is -0.691. The van der Waals surface area contributed by atoms with E-state index >= 15 is 0 Å². The lowest BCUT2D eigenvalue weighted by Crippen LogP contribution is -2.24. The number of rotatable bonds is 3. The van der Waals surface area contributed by atoms with Crippen LogP contribution < -0.4 is 4.74 Å². The summed E-state index contributed by atoms with van der Waals surface area (Å²) in [6.07, 6.45) is 0. The third-order valence-corrected chi connectivity index (χ3v) is 4.75. The summed E-state index contributed by atoms with van der Waals surface area (Å²) in [6, 6.07) is 13.3. The fourth-order valence-electron chi connectivity index (χ4n) is 2.89. The molecule has 0 spiro atoms. The smallest absolute Gasteiger partial charge is 0.295 e. The fourth-order valence-corrected chi connectivity index (χ4v) is 3.15. The molecule has 1 amide bonds. The number of methoxy groups -OCH3 is 1. The Morgan fingerprint density at radius 1 is 1.08 bits per heavy atom. The number of aliphatic hydroxyl groups is 1. The number of likely N-dealkylation sites (N-methyl/N-ethyl adjacent to an activating group) is 1. The molecule has 128 valence electrons. The van der Waals surface area contributed by atoms with E-state index in [2.05, 4.69) is 15.9 Å². The molecule has 1 heterocycles. The van der Waals surface area contributed by atoms with Crippen LogP contribution in [0.3, 0.4) is 0 Å². The third-order valence-electron chi connectivity index (χ3n) is 4.22. The van der Waals surface area contributed by atoms with E-state index in [1.165, 1.54) is 4.90 Å². The maximum atomic E-state index is 12.5. The molecular weight excluding hydrogens is 386 g/mol. The molecule has 1 atom stereocenters. The topological polar surface area (TPSA) is 66.8 Å². The molecule has 0 saturated carbocycles. The van der Waals surface area contributed by atoms with Crippen LogP contribution in [0.2, 0.25) is 0 Å². The Bertz CT molecular complexity index is 856. The van der Waals surface area contributed by atoms with Crippen LogP contribution in [-0.2, 0) is 9.59 Å². The average molecular weight is 402 g/mol. The number of carbonyl (C=O) groups excluding carboxylic acids is 2. The molecule has 0 bridgehead atoms. The monoisotopic (exact) mass is 401 g/mol. The van der Waals surface area contributed by atoms with Crippen molar-refractivity contribution in [3.63, 3.8) is 0 Å². The highest BCUT2D eigenvalue weighted by molar-refractivity contribution is 9.10. The van der Waals surface area contributed by atoms with E-state index in [0.717, 1.165) is 10.0 Å². The maximum absolute atomic E-state index is 12.5. The van der Waals surface area contributed by atoms with Gasteiger partial charge in [-0.1, -0.05) is 40.2 Å². The molecule has 1 aliphatic heterocycles. The summed E-state index contributed by atoms with van der Waals surface area (Å²) in [4.78, 5) is 26.0. The van der Waals surface area contributed by atoms with Crippen LogP contribution >= 0.6 is 15.9 Å². The molecule has 2 aromatic carbocycles. The van der Waals surface area contributed by atoms with Crippen LogP contribution in [0.5, 0.6) is 5.75 Å². The predicted octanol–water partition coefficient (Wildman–Crippen LogP) is 3.51. The van der Waals surface area contributed by atoms with Gasteiger partial charge in [-0.3, -0.25) is 9.59 Å².